The Hall–Kier alpha value is -0.930. The summed E-state index contributed by atoms with van der Waals surface area (Å²) in [5.41, 5.74) is 0.762. The highest BCUT2D eigenvalue weighted by molar-refractivity contribution is 5.18. The van der Waals surface area contributed by atoms with Gasteiger partial charge in [0.1, 0.15) is 5.82 Å². The van der Waals surface area contributed by atoms with Gasteiger partial charge >= 0.3 is 0 Å². The van der Waals surface area contributed by atoms with Crippen LogP contribution < -0.4 is 5.32 Å². The maximum atomic E-state index is 13.1. The van der Waals surface area contributed by atoms with Crippen molar-refractivity contribution >= 4 is 0 Å². The lowest BCUT2D eigenvalue weighted by molar-refractivity contribution is -0.105. The fourth-order valence-electron chi connectivity index (χ4n) is 2.39. The Bertz CT molecular complexity index is 382. The van der Waals surface area contributed by atoms with Gasteiger partial charge in [-0.05, 0) is 31.0 Å². The third-order valence-corrected chi connectivity index (χ3v) is 3.24. The van der Waals surface area contributed by atoms with Crippen molar-refractivity contribution in [2.75, 3.05) is 13.1 Å². The summed E-state index contributed by atoms with van der Waals surface area (Å²) < 4.78 is 19.2. The maximum absolute atomic E-state index is 13.1. The normalized spacial score (nSPS) is 29.2. The van der Waals surface area contributed by atoms with Crippen LogP contribution in [0.15, 0.2) is 24.3 Å². The highest BCUT2D eigenvalue weighted by atomic mass is 19.1. The zero-order chi connectivity index (χ0) is 12.3. The van der Waals surface area contributed by atoms with Gasteiger partial charge in [-0.15, -0.1) is 0 Å². The number of benzene rings is 1. The van der Waals surface area contributed by atoms with E-state index >= 15 is 0 Å². The van der Waals surface area contributed by atoms with Gasteiger partial charge in [-0.25, -0.2) is 4.39 Å². The molecule has 17 heavy (non-hydrogen) atoms. The van der Waals surface area contributed by atoms with E-state index < -0.39 is 0 Å². The molecule has 1 fully saturated rings. The van der Waals surface area contributed by atoms with E-state index in [0.717, 1.165) is 31.5 Å². The molecule has 2 atom stereocenters. The van der Waals surface area contributed by atoms with E-state index in [1.165, 1.54) is 6.07 Å². The van der Waals surface area contributed by atoms with Gasteiger partial charge in [0.2, 0.25) is 0 Å². The van der Waals surface area contributed by atoms with Crippen LogP contribution >= 0.6 is 0 Å². The second-order valence-electron chi connectivity index (χ2n) is 5.04. The second-order valence-corrected chi connectivity index (χ2v) is 5.04. The Morgan fingerprint density at radius 1 is 1.53 bits per heavy atom. The smallest absolute Gasteiger partial charge is 0.123 e. The van der Waals surface area contributed by atoms with Crippen LogP contribution in [0.1, 0.15) is 25.8 Å². The van der Waals surface area contributed by atoms with E-state index in [1.54, 1.807) is 12.1 Å². The molecule has 0 bridgehead atoms. The lowest BCUT2D eigenvalue weighted by Crippen LogP contribution is -2.53. The third kappa shape index (κ3) is 3.27. The average molecular weight is 237 g/mol. The number of hydrogen-bond acceptors (Lipinski definition) is 2. The number of morpholine rings is 1. The lowest BCUT2D eigenvalue weighted by Gasteiger charge is -2.39. The molecule has 0 aromatic heterocycles. The molecule has 1 N–H and O–H groups in total. The van der Waals surface area contributed by atoms with Crippen molar-refractivity contribution in [1.29, 1.82) is 0 Å². The Morgan fingerprint density at radius 2 is 2.35 bits per heavy atom. The molecular weight excluding hydrogens is 217 g/mol. The molecule has 2 rings (SSSR count). The van der Waals surface area contributed by atoms with Crippen LogP contribution in [0.3, 0.4) is 0 Å². The van der Waals surface area contributed by atoms with Crippen molar-refractivity contribution < 1.29 is 9.13 Å². The average Bonchev–Trinajstić information content (AvgIpc) is 2.28. The highest BCUT2D eigenvalue weighted by Crippen LogP contribution is 2.23. The van der Waals surface area contributed by atoms with Crippen LogP contribution in [0.4, 0.5) is 4.39 Å². The molecule has 1 saturated heterocycles. The van der Waals surface area contributed by atoms with E-state index in [2.05, 4.69) is 19.2 Å². The van der Waals surface area contributed by atoms with Gasteiger partial charge in [-0.2, -0.15) is 0 Å². The zero-order valence-electron chi connectivity index (χ0n) is 10.5. The fourth-order valence-corrected chi connectivity index (χ4v) is 2.39. The first-order valence-corrected chi connectivity index (χ1v) is 6.24. The molecule has 0 spiro atoms. The van der Waals surface area contributed by atoms with Gasteiger partial charge in [0, 0.05) is 19.5 Å². The molecule has 1 heterocycles. The predicted octanol–water partition coefficient (Wildman–Crippen LogP) is 2.53. The molecule has 94 valence electrons. The Morgan fingerprint density at radius 3 is 3.06 bits per heavy atom. The first kappa shape index (κ1) is 12.5. The summed E-state index contributed by atoms with van der Waals surface area (Å²) in [5.74, 6) is -0.179. The van der Waals surface area contributed by atoms with Gasteiger partial charge in [-0.1, -0.05) is 19.1 Å². The van der Waals surface area contributed by atoms with Gasteiger partial charge in [-0.3, -0.25) is 0 Å². The van der Waals surface area contributed by atoms with E-state index in [0.29, 0.717) is 0 Å². The van der Waals surface area contributed by atoms with E-state index in [9.17, 15) is 4.39 Å². The number of halogens is 1. The molecule has 2 unspecified atom stereocenters. The molecule has 0 aliphatic carbocycles. The minimum absolute atomic E-state index is 0.179. The van der Waals surface area contributed by atoms with Gasteiger partial charge in [0.15, 0.2) is 0 Å². The molecule has 0 radical (unpaired) electrons. The molecule has 1 aromatic carbocycles. The fraction of sp³-hybridized carbons (Fsp3) is 0.571. The minimum Gasteiger partial charge on any atom is -0.369 e. The van der Waals surface area contributed by atoms with Crippen molar-refractivity contribution in [3.8, 4) is 0 Å². The summed E-state index contributed by atoms with van der Waals surface area (Å²) >= 11 is 0. The molecule has 0 amide bonds. The second kappa shape index (κ2) is 5.15. The number of rotatable bonds is 3. The standard InChI is InChI=1S/C14H20FNO/c1-3-13-9-16-10-14(2,17-13)8-11-5-4-6-12(15)7-11/h4-7,13,16H,3,8-10H2,1-2H3. The van der Waals surface area contributed by atoms with Crippen LogP contribution in [-0.2, 0) is 11.2 Å². The molecule has 3 heteroatoms. The van der Waals surface area contributed by atoms with Crippen molar-refractivity contribution in [3.05, 3.63) is 35.6 Å². The van der Waals surface area contributed by atoms with Crippen molar-refractivity contribution in [2.45, 2.75) is 38.4 Å². The SMILES string of the molecule is CCC1CNCC(C)(Cc2cccc(F)c2)O1. The van der Waals surface area contributed by atoms with E-state index in [1.807, 2.05) is 6.07 Å². The van der Waals surface area contributed by atoms with Crippen LogP contribution in [0.25, 0.3) is 0 Å². The Balaban J connectivity index is 2.06. The third-order valence-electron chi connectivity index (χ3n) is 3.24. The van der Waals surface area contributed by atoms with Crippen molar-refractivity contribution in [1.82, 2.24) is 5.32 Å². The monoisotopic (exact) mass is 237 g/mol. The summed E-state index contributed by atoms with van der Waals surface area (Å²) in [4.78, 5) is 0. The Labute approximate surface area is 102 Å². The van der Waals surface area contributed by atoms with Crippen LogP contribution in [0.2, 0.25) is 0 Å². The molecule has 0 saturated carbocycles. The summed E-state index contributed by atoms with van der Waals surface area (Å²) in [5, 5.41) is 3.39. The quantitative estimate of drug-likeness (QED) is 0.872. The topological polar surface area (TPSA) is 21.3 Å². The summed E-state index contributed by atoms with van der Waals surface area (Å²) in [6.07, 6.45) is 2.02. The number of hydrogen-bond donors (Lipinski definition) is 1. The summed E-state index contributed by atoms with van der Waals surface area (Å²) in [6.45, 7) is 5.95. The highest BCUT2D eigenvalue weighted by Gasteiger charge is 2.32. The van der Waals surface area contributed by atoms with E-state index in [4.69, 9.17) is 4.74 Å². The Kier molecular flexibility index (Phi) is 3.79. The molecule has 1 aliphatic heterocycles. The van der Waals surface area contributed by atoms with Crippen LogP contribution in [0.5, 0.6) is 0 Å². The molecule has 1 aliphatic rings. The summed E-state index contributed by atoms with van der Waals surface area (Å²) in [7, 11) is 0. The van der Waals surface area contributed by atoms with Crippen LogP contribution in [0, 0.1) is 5.82 Å². The minimum atomic E-state index is -0.229. The van der Waals surface area contributed by atoms with Gasteiger partial charge in [0.05, 0.1) is 11.7 Å². The summed E-state index contributed by atoms with van der Waals surface area (Å²) in [6, 6.07) is 6.76. The van der Waals surface area contributed by atoms with Crippen molar-refractivity contribution in [3.63, 3.8) is 0 Å². The molecule has 2 nitrogen and oxygen atoms in total. The maximum Gasteiger partial charge on any atom is 0.123 e. The number of nitrogens with one attached hydrogen (secondary N) is 1. The molecular formula is C14H20FNO. The lowest BCUT2D eigenvalue weighted by atomic mass is 9.94. The van der Waals surface area contributed by atoms with Gasteiger partial charge < -0.3 is 10.1 Å². The zero-order valence-corrected chi connectivity index (χ0v) is 10.5. The van der Waals surface area contributed by atoms with Crippen molar-refractivity contribution in [2.24, 2.45) is 0 Å². The first-order valence-electron chi connectivity index (χ1n) is 6.24. The molecule has 1 aromatic rings. The van der Waals surface area contributed by atoms with E-state index in [-0.39, 0.29) is 17.5 Å². The van der Waals surface area contributed by atoms with Crippen LogP contribution in [-0.4, -0.2) is 24.8 Å². The largest absolute Gasteiger partial charge is 0.369 e. The number of ether oxygens (including phenoxy) is 1. The predicted molar refractivity (Wildman–Crippen MR) is 66.5 cm³/mol. The van der Waals surface area contributed by atoms with Gasteiger partial charge in [0.25, 0.3) is 0 Å². The first-order chi connectivity index (χ1) is 8.11.